The zero-order valence-electron chi connectivity index (χ0n) is 17.2. The van der Waals surface area contributed by atoms with E-state index in [4.69, 9.17) is 29.2 Å². The number of sulfone groups is 1. The van der Waals surface area contributed by atoms with E-state index in [-0.39, 0.29) is 65.7 Å². The van der Waals surface area contributed by atoms with Crippen LogP contribution in [0.4, 0.5) is 0 Å². The molecule has 2 atom stereocenters. The van der Waals surface area contributed by atoms with Gasteiger partial charge >= 0.3 is 0 Å². The lowest BCUT2D eigenvalue weighted by Gasteiger charge is -2.41. The summed E-state index contributed by atoms with van der Waals surface area (Å²) >= 11 is 0. The molecule has 0 aromatic heterocycles. The maximum atomic E-state index is 13.9. The van der Waals surface area contributed by atoms with Crippen LogP contribution < -0.4 is 0 Å². The number of rotatable bonds is 14. The van der Waals surface area contributed by atoms with Crippen LogP contribution in [0.5, 0.6) is 0 Å². The lowest BCUT2D eigenvalue weighted by atomic mass is 10.1. The fourth-order valence-corrected chi connectivity index (χ4v) is 5.38. The number of aliphatic hydroxyl groups excluding tert-OH is 4. The highest BCUT2D eigenvalue weighted by molar-refractivity contribution is 7.94. The number of hydrogen-bond donors (Lipinski definition) is 4. The summed E-state index contributed by atoms with van der Waals surface area (Å²) in [7, 11) is -4.28. The van der Waals surface area contributed by atoms with E-state index in [1.54, 1.807) is 0 Å². The van der Waals surface area contributed by atoms with Crippen molar-refractivity contribution in [2.24, 2.45) is 0 Å². The molecule has 0 saturated heterocycles. The molecule has 0 aromatic rings. The summed E-state index contributed by atoms with van der Waals surface area (Å²) < 4.78 is 49.8. The molecular weight excluding hydrogens is 432 g/mol. The summed E-state index contributed by atoms with van der Waals surface area (Å²) in [6.45, 7) is -1.50. The maximum absolute atomic E-state index is 13.9. The van der Waals surface area contributed by atoms with Gasteiger partial charge in [-0.2, -0.15) is 0 Å². The minimum absolute atomic E-state index is 0.0567. The van der Waals surface area contributed by atoms with Crippen LogP contribution in [-0.4, -0.2) is 91.6 Å². The number of ether oxygens (including phenoxy) is 4. The molecule has 0 amide bonds. The molecule has 2 aliphatic carbocycles. The van der Waals surface area contributed by atoms with Crippen molar-refractivity contribution in [1.29, 1.82) is 0 Å². The first-order chi connectivity index (χ1) is 14.9. The normalized spacial score (nSPS) is 25.8. The smallest absolute Gasteiger partial charge is 0.217 e. The van der Waals surface area contributed by atoms with Crippen molar-refractivity contribution in [2.45, 2.75) is 22.7 Å². The molecule has 31 heavy (non-hydrogen) atoms. The average molecular weight is 463 g/mol. The number of allylic oxidation sites excluding steroid dienone is 2. The van der Waals surface area contributed by atoms with E-state index in [0.717, 1.165) is 0 Å². The molecule has 0 bridgehead atoms. The van der Waals surface area contributed by atoms with Crippen LogP contribution in [0.1, 0.15) is 12.8 Å². The molecule has 2 rings (SSSR count). The minimum Gasteiger partial charge on any atom is -0.492 e. The van der Waals surface area contributed by atoms with Gasteiger partial charge in [-0.1, -0.05) is 0 Å². The van der Waals surface area contributed by atoms with Crippen LogP contribution in [0, 0.1) is 0 Å². The summed E-state index contributed by atoms with van der Waals surface area (Å²) in [6, 6.07) is 0. The molecule has 2 aliphatic rings. The van der Waals surface area contributed by atoms with Gasteiger partial charge in [0.05, 0.1) is 39.6 Å². The van der Waals surface area contributed by atoms with Gasteiger partial charge in [0.25, 0.3) is 0 Å². The highest BCUT2D eigenvalue weighted by atomic mass is 32.2. The van der Waals surface area contributed by atoms with E-state index < -0.39 is 19.7 Å². The Morgan fingerprint density at radius 1 is 0.710 bits per heavy atom. The Morgan fingerprint density at radius 2 is 1.10 bits per heavy atom. The summed E-state index contributed by atoms with van der Waals surface area (Å²) in [4.78, 5) is -3.70. The van der Waals surface area contributed by atoms with E-state index in [1.807, 2.05) is 0 Å². The Labute approximate surface area is 181 Å². The third-order valence-electron chi connectivity index (χ3n) is 4.68. The molecule has 11 heteroatoms. The monoisotopic (exact) mass is 462 g/mol. The Balaban J connectivity index is 2.39. The lowest BCUT2D eigenvalue weighted by Crippen LogP contribution is -2.54. The Hall–Kier alpha value is -1.73. The van der Waals surface area contributed by atoms with Crippen LogP contribution in [0.3, 0.4) is 0 Å². The molecule has 176 valence electrons. The Morgan fingerprint density at radius 3 is 1.39 bits per heavy atom. The molecule has 0 heterocycles. The summed E-state index contributed by atoms with van der Waals surface area (Å²) in [6.07, 6.45) is 8.39. The molecule has 4 N–H and O–H groups in total. The minimum atomic E-state index is -4.28. The van der Waals surface area contributed by atoms with Crippen LogP contribution >= 0.6 is 0 Å². The number of aliphatic hydroxyl groups is 4. The van der Waals surface area contributed by atoms with Crippen LogP contribution in [0.25, 0.3) is 0 Å². The van der Waals surface area contributed by atoms with Gasteiger partial charge in [0.2, 0.25) is 9.84 Å². The van der Waals surface area contributed by atoms with Crippen molar-refractivity contribution in [2.75, 3.05) is 52.9 Å². The molecule has 2 unspecified atom stereocenters. The quantitative estimate of drug-likeness (QED) is 0.266. The average Bonchev–Trinajstić information content (AvgIpc) is 2.79. The van der Waals surface area contributed by atoms with Crippen LogP contribution in [-0.2, 0) is 28.8 Å². The van der Waals surface area contributed by atoms with E-state index in [1.165, 1.54) is 36.5 Å². The topological polar surface area (TPSA) is 152 Å². The van der Waals surface area contributed by atoms with Crippen molar-refractivity contribution in [3.05, 3.63) is 48.0 Å². The molecule has 0 fully saturated rings. The van der Waals surface area contributed by atoms with E-state index in [9.17, 15) is 18.6 Å². The van der Waals surface area contributed by atoms with E-state index in [0.29, 0.717) is 11.5 Å². The summed E-state index contributed by atoms with van der Waals surface area (Å²) in [5.74, 6) is 0.771. The van der Waals surface area contributed by atoms with Gasteiger partial charge in [-0.15, -0.1) is 0 Å². The first kappa shape index (κ1) is 25.5. The highest BCUT2D eigenvalue weighted by Gasteiger charge is 2.56. The lowest BCUT2D eigenvalue weighted by molar-refractivity contribution is 0.000460. The fourth-order valence-electron chi connectivity index (χ4n) is 3.21. The second kappa shape index (κ2) is 11.8. The van der Waals surface area contributed by atoms with Gasteiger partial charge in [-0.25, -0.2) is 8.42 Å². The summed E-state index contributed by atoms with van der Waals surface area (Å²) in [5, 5.41) is 36.3. The van der Waals surface area contributed by atoms with Crippen molar-refractivity contribution in [3.63, 3.8) is 0 Å². The van der Waals surface area contributed by atoms with Crippen molar-refractivity contribution in [3.8, 4) is 0 Å². The molecule has 0 aliphatic heterocycles. The molecule has 0 radical (unpaired) electrons. The van der Waals surface area contributed by atoms with Crippen LogP contribution in [0.2, 0.25) is 0 Å². The van der Waals surface area contributed by atoms with Gasteiger partial charge in [-0.05, 0) is 36.5 Å². The van der Waals surface area contributed by atoms with Crippen molar-refractivity contribution < 1.29 is 47.8 Å². The van der Waals surface area contributed by atoms with Gasteiger partial charge in [0.1, 0.15) is 24.7 Å². The predicted octanol–water partition coefficient (Wildman–Crippen LogP) is -0.483. The third-order valence-corrected chi connectivity index (χ3v) is 7.34. The zero-order chi connectivity index (χ0) is 22.8. The second-order valence-electron chi connectivity index (χ2n) is 6.70. The fraction of sp³-hybridized carbons (Fsp3) is 0.600. The van der Waals surface area contributed by atoms with Gasteiger partial charge in [-0.3, -0.25) is 0 Å². The zero-order valence-corrected chi connectivity index (χ0v) is 18.0. The first-order valence-electron chi connectivity index (χ1n) is 9.90. The molecule has 10 nitrogen and oxygen atoms in total. The van der Waals surface area contributed by atoms with Crippen molar-refractivity contribution >= 4 is 9.84 Å². The largest absolute Gasteiger partial charge is 0.492 e. The van der Waals surface area contributed by atoms with Crippen LogP contribution in [0.15, 0.2) is 48.0 Å². The molecule has 0 spiro atoms. The standard InChI is InChI=1S/C20H30O10S/c21-9-13-27-17-1-5-19(6-2-17,29-15-11-23)31(25,26)20(30-16-12-24)7-3-18(4-8-20)28-14-10-22/h1-5,7,21-24H,6,8-16H2. The van der Waals surface area contributed by atoms with E-state index in [2.05, 4.69) is 0 Å². The number of hydrogen-bond acceptors (Lipinski definition) is 10. The first-order valence-corrected chi connectivity index (χ1v) is 11.4. The maximum Gasteiger partial charge on any atom is 0.217 e. The second-order valence-corrected chi connectivity index (χ2v) is 9.09. The van der Waals surface area contributed by atoms with Gasteiger partial charge in [0.15, 0.2) is 9.87 Å². The van der Waals surface area contributed by atoms with Gasteiger partial charge in [0, 0.05) is 12.8 Å². The predicted molar refractivity (Wildman–Crippen MR) is 110 cm³/mol. The molecular formula is C20H30O10S. The molecule has 0 saturated carbocycles. The SMILES string of the molecule is O=S(=O)(C1(OCCO)C=CC(OCCO)=CC1)C1(OCCO)C=CC(OCCO)=CC1. The van der Waals surface area contributed by atoms with E-state index >= 15 is 0 Å². The van der Waals surface area contributed by atoms with Crippen molar-refractivity contribution in [1.82, 2.24) is 0 Å². The Kier molecular flexibility index (Phi) is 9.69. The Bertz CT molecular complexity index is 741. The third kappa shape index (κ3) is 5.75. The summed E-state index contributed by atoms with van der Waals surface area (Å²) in [5.41, 5.74) is 0. The van der Waals surface area contributed by atoms with Gasteiger partial charge < -0.3 is 39.4 Å². The highest BCUT2D eigenvalue weighted by Crippen LogP contribution is 2.43. The molecule has 0 aromatic carbocycles.